The highest BCUT2D eigenvalue weighted by Crippen LogP contribution is 2.25. The van der Waals surface area contributed by atoms with Crippen molar-refractivity contribution in [3.8, 4) is 0 Å². The molecule has 1 fully saturated rings. The monoisotopic (exact) mass is 204 g/mol. The minimum absolute atomic E-state index is 0.157. The van der Waals surface area contributed by atoms with Crippen LogP contribution in [0, 0.1) is 0 Å². The third-order valence-corrected chi connectivity index (χ3v) is 4.03. The Morgan fingerprint density at radius 1 is 1.36 bits per heavy atom. The Hall–Kier alpha value is -0.863. The minimum Gasteiger partial charge on any atom is -0.423 e. The van der Waals surface area contributed by atoms with Crippen molar-refractivity contribution in [3.63, 3.8) is 0 Å². The first-order valence-corrected chi connectivity index (χ1v) is 6.78. The van der Waals surface area contributed by atoms with Crippen LogP contribution in [0.25, 0.3) is 6.08 Å². The molecule has 0 spiro atoms. The molecule has 2 heteroatoms. The van der Waals surface area contributed by atoms with Gasteiger partial charge in [0.2, 0.25) is 0 Å². The Morgan fingerprint density at radius 2 is 2.14 bits per heavy atom. The van der Waals surface area contributed by atoms with E-state index in [2.05, 4.69) is 30.8 Å². The van der Waals surface area contributed by atoms with Crippen LogP contribution in [0.15, 0.2) is 30.8 Å². The molecule has 1 aliphatic heterocycles. The second-order valence-corrected chi connectivity index (χ2v) is 5.31. The van der Waals surface area contributed by atoms with Crippen molar-refractivity contribution in [3.05, 3.63) is 42.0 Å². The van der Waals surface area contributed by atoms with Crippen molar-refractivity contribution in [2.45, 2.75) is 18.4 Å². The lowest BCUT2D eigenvalue weighted by atomic mass is 9.96. The molecule has 1 aromatic carbocycles. The average molecular weight is 204 g/mol. The van der Waals surface area contributed by atoms with Gasteiger partial charge >= 0.3 is 0 Å². The molecule has 0 aromatic heterocycles. The molecule has 0 aliphatic carbocycles. The largest absolute Gasteiger partial charge is 0.423 e. The van der Waals surface area contributed by atoms with E-state index in [1.807, 2.05) is 6.08 Å². The smallest absolute Gasteiger partial charge is 0.161 e. The Labute approximate surface area is 87.7 Å². The van der Waals surface area contributed by atoms with Crippen molar-refractivity contribution in [1.82, 2.24) is 0 Å². The summed E-state index contributed by atoms with van der Waals surface area (Å²) in [7, 11) is -0.157. The fourth-order valence-electron chi connectivity index (χ4n) is 1.91. The maximum Gasteiger partial charge on any atom is 0.161 e. The summed E-state index contributed by atoms with van der Waals surface area (Å²) in [6, 6.07) is 10.0. The molecule has 1 aromatic rings. The van der Waals surface area contributed by atoms with Gasteiger partial charge in [0.05, 0.1) is 0 Å². The first-order chi connectivity index (χ1) is 6.90. The van der Waals surface area contributed by atoms with Gasteiger partial charge in [0.1, 0.15) is 0 Å². The summed E-state index contributed by atoms with van der Waals surface area (Å²) in [6.07, 6.45) is 3.20. The van der Waals surface area contributed by atoms with Crippen molar-refractivity contribution >= 4 is 15.8 Å². The van der Waals surface area contributed by atoms with Crippen molar-refractivity contribution in [2.24, 2.45) is 0 Å². The molecule has 1 saturated heterocycles. The van der Waals surface area contributed by atoms with E-state index < -0.39 is 0 Å². The number of hydrogen-bond acceptors (Lipinski definition) is 1. The Bertz CT molecular complexity index is 299. The molecule has 1 nitrogen and oxygen atoms in total. The van der Waals surface area contributed by atoms with E-state index in [4.69, 9.17) is 4.43 Å². The second kappa shape index (κ2) is 4.58. The molecule has 0 saturated carbocycles. The third-order valence-electron chi connectivity index (χ3n) is 2.80. The summed E-state index contributed by atoms with van der Waals surface area (Å²) >= 11 is 0. The summed E-state index contributed by atoms with van der Waals surface area (Å²) in [4.78, 5) is 0. The SMILES string of the molecule is C=Cc1ccc(C2CC[SiH2]OC2)cc1. The van der Waals surface area contributed by atoms with Crippen LogP contribution in [0.3, 0.4) is 0 Å². The van der Waals surface area contributed by atoms with Gasteiger partial charge in [-0.1, -0.05) is 36.9 Å². The van der Waals surface area contributed by atoms with Gasteiger partial charge in [0.15, 0.2) is 9.76 Å². The van der Waals surface area contributed by atoms with Crippen LogP contribution in [0.1, 0.15) is 23.5 Å². The zero-order valence-corrected chi connectivity index (χ0v) is 9.82. The maximum absolute atomic E-state index is 5.61. The van der Waals surface area contributed by atoms with E-state index in [1.54, 1.807) is 0 Å². The van der Waals surface area contributed by atoms with Crippen molar-refractivity contribution in [2.75, 3.05) is 6.61 Å². The van der Waals surface area contributed by atoms with Gasteiger partial charge in [-0.15, -0.1) is 0 Å². The summed E-state index contributed by atoms with van der Waals surface area (Å²) in [5, 5.41) is 0. The summed E-state index contributed by atoms with van der Waals surface area (Å²) in [5.74, 6) is 0.634. The molecular formula is C12H16OSi. The summed E-state index contributed by atoms with van der Waals surface area (Å²) in [5.41, 5.74) is 2.61. The molecule has 0 radical (unpaired) electrons. The lowest BCUT2D eigenvalue weighted by Gasteiger charge is -2.22. The van der Waals surface area contributed by atoms with Gasteiger partial charge < -0.3 is 4.43 Å². The van der Waals surface area contributed by atoms with E-state index in [0.29, 0.717) is 5.92 Å². The Morgan fingerprint density at radius 3 is 2.71 bits per heavy atom. The predicted molar refractivity (Wildman–Crippen MR) is 63.2 cm³/mol. The van der Waals surface area contributed by atoms with Crippen LogP contribution in [-0.2, 0) is 4.43 Å². The first-order valence-electron chi connectivity index (χ1n) is 5.20. The van der Waals surface area contributed by atoms with E-state index in [1.165, 1.54) is 23.6 Å². The third kappa shape index (κ3) is 2.14. The molecule has 74 valence electrons. The van der Waals surface area contributed by atoms with Gasteiger partial charge in [-0.3, -0.25) is 0 Å². The van der Waals surface area contributed by atoms with E-state index in [-0.39, 0.29) is 9.76 Å². The molecule has 14 heavy (non-hydrogen) atoms. The highest BCUT2D eigenvalue weighted by molar-refractivity contribution is 6.27. The van der Waals surface area contributed by atoms with E-state index in [0.717, 1.165) is 6.61 Å². The molecule has 1 atom stereocenters. The second-order valence-electron chi connectivity index (χ2n) is 3.78. The topological polar surface area (TPSA) is 9.23 Å². The van der Waals surface area contributed by atoms with Crippen LogP contribution in [0.4, 0.5) is 0 Å². The van der Waals surface area contributed by atoms with Gasteiger partial charge in [-0.05, 0) is 23.6 Å². The number of rotatable bonds is 2. The average Bonchev–Trinajstić information content (AvgIpc) is 2.30. The standard InChI is InChI=1S/C12H16OSi/c1-2-10-3-5-11(6-4-10)12-7-8-14-13-9-12/h2-6,12H,1,7-9,14H2. The molecule has 1 unspecified atom stereocenters. The fourth-order valence-corrected chi connectivity index (χ4v) is 3.22. The minimum atomic E-state index is -0.157. The van der Waals surface area contributed by atoms with E-state index >= 15 is 0 Å². The Balaban J connectivity index is 2.11. The van der Waals surface area contributed by atoms with E-state index in [9.17, 15) is 0 Å². The number of hydrogen-bond donors (Lipinski definition) is 0. The fraction of sp³-hybridized carbons (Fsp3) is 0.333. The predicted octanol–water partition coefficient (Wildman–Crippen LogP) is 2.34. The van der Waals surface area contributed by atoms with Crippen LogP contribution in [0.5, 0.6) is 0 Å². The molecule has 0 N–H and O–H groups in total. The molecular weight excluding hydrogens is 188 g/mol. The zero-order valence-electron chi connectivity index (χ0n) is 8.41. The first kappa shape index (κ1) is 9.68. The summed E-state index contributed by atoms with van der Waals surface area (Å²) in [6.45, 7) is 4.70. The van der Waals surface area contributed by atoms with Crippen LogP contribution < -0.4 is 0 Å². The normalized spacial score (nSPS) is 23.6. The highest BCUT2D eigenvalue weighted by atomic mass is 28.2. The lowest BCUT2D eigenvalue weighted by molar-refractivity contribution is 0.275. The molecule has 0 amide bonds. The molecule has 1 aliphatic rings. The van der Waals surface area contributed by atoms with Crippen LogP contribution >= 0.6 is 0 Å². The van der Waals surface area contributed by atoms with Gasteiger partial charge in [0, 0.05) is 12.5 Å². The van der Waals surface area contributed by atoms with Gasteiger partial charge in [-0.2, -0.15) is 0 Å². The van der Waals surface area contributed by atoms with Gasteiger partial charge in [-0.25, -0.2) is 0 Å². The van der Waals surface area contributed by atoms with Crippen LogP contribution in [0.2, 0.25) is 6.04 Å². The highest BCUT2D eigenvalue weighted by Gasteiger charge is 2.15. The van der Waals surface area contributed by atoms with Gasteiger partial charge in [0.25, 0.3) is 0 Å². The summed E-state index contributed by atoms with van der Waals surface area (Å²) < 4.78 is 5.61. The van der Waals surface area contributed by atoms with Crippen LogP contribution in [-0.4, -0.2) is 16.4 Å². The zero-order chi connectivity index (χ0) is 9.80. The quantitative estimate of drug-likeness (QED) is 0.672. The van der Waals surface area contributed by atoms with Crippen molar-refractivity contribution < 1.29 is 4.43 Å². The Kier molecular flexibility index (Phi) is 3.17. The maximum atomic E-state index is 5.61. The van der Waals surface area contributed by atoms with Crippen molar-refractivity contribution in [1.29, 1.82) is 0 Å². The molecule has 1 heterocycles. The molecule has 2 rings (SSSR count). The lowest BCUT2D eigenvalue weighted by Crippen LogP contribution is -2.16. The number of benzene rings is 1. The molecule has 0 bridgehead atoms.